The first kappa shape index (κ1) is 14.0. The lowest BCUT2D eigenvalue weighted by Crippen LogP contribution is -2.30. The van der Waals surface area contributed by atoms with Crippen LogP contribution in [0.1, 0.15) is 38.2 Å². The highest BCUT2D eigenvalue weighted by molar-refractivity contribution is 9.10. The molecule has 1 aromatic rings. The Bertz CT molecular complexity index is 388. The zero-order valence-corrected chi connectivity index (χ0v) is 12.4. The summed E-state index contributed by atoms with van der Waals surface area (Å²) in [5, 5.41) is 10.9. The van der Waals surface area contributed by atoms with Crippen molar-refractivity contribution >= 4 is 15.9 Å². The average molecular weight is 313 g/mol. The highest BCUT2D eigenvalue weighted by atomic mass is 79.9. The summed E-state index contributed by atoms with van der Waals surface area (Å²) >= 11 is 3.48. The van der Waals surface area contributed by atoms with Crippen LogP contribution in [0.5, 0.6) is 0 Å². The summed E-state index contributed by atoms with van der Waals surface area (Å²) < 4.78 is 6.41. The molecule has 1 aromatic carbocycles. The van der Waals surface area contributed by atoms with Gasteiger partial charge in [-0.25, -0.2) is 0 Å². The highest BCUT2D eigenvalue weighted by Gasteiger charge is 2.31. The Morgan fingerprint density at radius 3 is 2.72 bits per heavy atom. The Labute approximate surface area is 117 Å². The molecule has 0 bridgehead atoms. The van der Waals surface area contributed by atoms with Crippen molar-refractivity contribution in [3.63, 3.8) is 0 Å². The number of aliphatic hydroxyl groups is 1. The van der Waals surface area contributed by atoms with Crippen LogP contribution in [0.4, 0.5) is 0 Å². The molecule has 0 spiro atoms. The summed E-state index contributed by atoms with van der Waals surface area (Å²) in [6.07, 6.45) is 3.72. The van der Waals surface area contributed by atoms with Crippen LogP contribution in [-0.2, 0) is 10.3 Å². The number of benzene rings is 1. The van der Waals surface area contributed by atoms with Crippen molar-refractivity contribution in [2.75, 3.05) is 13.2 Å². The molecule has 0 aliphatic carbocycles. The van der Waals surface area contributed by atoms with Gasteiger partial charge in [0, 0.05) is 17.7 Å². The van der Waals surface area contributed by atoms with Crippen molar-refractivity contribution in [1.29, 1.82) is 0 Å². The SMILES string of the molecule is CCC(O)(CC1CCOCC1)c1cccc(Br)c1. The first-order valence-corrected chi connectivity index (χ1v) is 7.49. The zero-order chi connectivity index (χ0) is 13.0. The van der Waals surface area contributed by atoms with E-state index in [1.165, 1.54) is 0 Å². The van der Waals surface area contributed by atoms with E-state index in [2.05, 4.69) is 22.9 Å². The Morgan fingerprint density at radius 1 is 1.39 bits per heavy atom. The molecule has 0 amide bonds. The van der Waals surface area contributed by atoms with E-state index in [4.69, 9.17) is 4.74 Å². The summed E-state index contributed by atoms with van der Waals surface area (Å²) in [5.74, 6) is 0.572. The smallest absolute Gasteiger partial charge is 0.0897 e. The second-order valence-corrected chi connectivity index (χ2v) is 6.07. The number of rotatable bonds is 4. The van der Waals surface area contributed by atoms with E-state index >= 15 is 0 Å². The fraction of sp³-hybridized carbons (Fsp3) is 0.600. The van der Waals surface area contributed by atoms with E-state index in [1.54, 1.807) is 0 Å². The Morgan fingerprint density at radius 2 is 2.11 bits per heavy atom. The Kier molecular flexibility index (Phi) is 4.82. The molecule has 1 aliphatic rings. The van der Waals surface area contributed by atoms with Crippen molar-refractivity contribution < 1.29 is 9.84 Å². The van der Waals surface area contributed by atoms with Gasteiger partial charge < -0.3 is 9.84 Å². The van der Waals surface area contributed by atoms with Crippen molar-refractivity contribution in [1.82, 2.24) is 0 Å². The second kappa shape index (κ2) is 6.18. The lowest BCUT2D eigenvalue weighted by molar-refractivity contribution is -0.0185. The first-order chi connectivity index (χ1) is 8.64. The molecule has 0 aromatic heterocycles. The third kappa shape index (κ3) is 3.34. The number of hydrogen-bond acceptors (Lipinski definition) is 2. The predicted molar refractivity (Wildman–Crippen MR) is 76.5 cm³/mol. The standard InChI is InChI=1S/C15H21BrO2/c1-2-15(17,11-12-6-8-18-9-7-12)13-4-3-5-14(16)10-13/h3-5,10,12,17H,2,6-9,11H2,1H3. The molecule has 0 saturated carbocycles. The number of halogens is 1. The van der Waals surface area contributed by atoms with E-state index in [0.717, 1.165) is 48.9 Å². The molecule has 2 nitrogen and oxygen atoms in total. The zero-order valence-electron chi connectivity index (χ0n) is 10.9. The molecule has 1 fully saturated rings. The monoisotopic (exact) mass is 312 g/mol. The van der Waals surface area contributed by atoms with Crippen molar-refractivity contribution in [2.24, 2.45) is 5.92 Å². The molecule has 3 heteroatoms. The minimum absolute atomic E-state index is 0.572. The Hall–Kier alpha value is -0.380. The molecule has 1 atom stereocenters. The van der Waals surface area contributed by atoms with Crippen LogP contribution in [-0.4, -0.2) is 18.3 Å². The lowest BCUT2D eigenvalue weighted by atomic mass is 9.80. The molecule has 1 saturated heterocycles. The van der Waals surface area contributed by atoms with Crippen LogP contribution in [0.15, 0.2) is 28.7 Å². The van der Waals surface area contributed by atoms with Crippen molar-refractivity contribution in [3.8, 4) is 0 Å². The molecule has 1 unspecified atom stereocenters. The molecular formula is C15H21BrO2. The van der Waals surface area contributed by atoms with Crippen LogP contribution in [0, 0.1) is 5.92 Å². The largest absolute Gasteiger partial charge is 0.385 e. The molecule has 0 radical (unpaired) electrons. The molecule has 1 N–H and O–H groups in total. The third-order valence-corrected chi connectivity index (χ3v) is 4.41. The fourth-order valence-electron chi connectivity index (χ4n) is 2.67. The fourth-order valence-corrected chi connectivity index (χ4v) is 3.07. The minimum atomic E-state index is -0.703. The predicted octanol–water partition coefficient (Wildman–Crippen LogP) is 3.86. The summed E-state index contributed by atoms with van der Waals surface area (Å²) in [7, 11) is 0. The first-order valence-electron chi connectivity index (χ1n) is 6.70. The number of hydrogen-bond donors (Lipinski definition) is 1. The lowest BCUT2D eigenvalue weighted by Gasteiger charge is -2.33. The van der Waals surface area contributed by atoms with Gasteiger partial charge in [0.15, 0.2) is 0 Å². The van der Waals surface area contributed by atoms with Gasteiger partial charge >= 0.3 is 0 Å². The molecule has 2 rings (SSSR count). The maximum atomic E-state index is 10.9. The average Bonchev–Trinajstić information content (AvgIpc) is 2.40. The summed E-state index contributed by atoms with van der Waals surface area (Å²) in [6.45, 7) is 3.73. The van der Waals surface area contributed by atoms with Gasteiger partial charge in [0.1, 0.15) is 0 Å². The van der Waals surface area contributed by atoms with E-state index < -0.39 is 5.60 Å². The van der Waals surface area contributed by atoms with Crippen LogP contribution < -0.4 is 0 Å². The van der Waals surface area contributed by atoms with Gasteiger partial charge in [0.25, 0.3) is 0 Å². The second-order valence-electron chi connectivity index (χ2n) is 5.16. The highest BCUT2D eigenvalue weighted by Crippen LogP contribution is 2.36. The van der Waals surface area contributed by atoms with Gasteiger partial charge in [-0.05, 0) is 49.3 Å². The molecular weight excluding hydrogens is 292 g/mol. The number of ether oxygens (including phenoxy) is 1. The van der Waals surface area contributed by atoms with Crippen LogP contribution in [0.2, 0.25) is 0 Å². The third-order valence-electron chi connectivity index (χ3n) is 3.91. The summed E-state index contributed by atoms with van der Waals surface area (Å²) in [5.41, 5.74) is 0.317. The van der Waals surface area contributed by atoms with E-state index in [0.29, 0.717) is 5.92 Å². The maximum absolute atomic E-state index is 10.9. The quantitative estimate of drug-likeness (QED) is 0.914. The summed E-state index contributed by atoms with van der Waals surface area (Å²) in [4.78, 5) is 0. The molecule has 100 valence electrons. The van der Waals surface area contributed by atoms with Gasteiger partial charge in [0.2, 0.25) is 0 Å². The maximum Gasteiger partial charge on any atom is 0.0897 e. The van der Waals surface area contributed by atoms with Gasteiger partial charge in [0.05, 0.1) is 5.60 Å². The summed E-state index contributed by atoms with van der Waals surface area (Å²) in [6, 6.07) is 8.04. The van der Waals surface area contributed by atoms with Crippen molar-refractivity contribution in [3.05, 3.63) is 34.3 Å². The topological polar surface area (TPSA) is 29.5 Å². The molecule has 18 heavy (non-hydrogen) atoms. The van der Waals surface area contributed by atoms with Gasteiger partial charge in [-0.15, -0.1) is 0 Å². The van der Waals surface area contributed by atoms with Gasteiger partial charge in [-0.3, -0.25) is 0 Å². The van der Waals surface area contributed by atoms with Crippen LogP contribution >= 0.6 is 15.9 Å². The van der Waals surface area contributed by atoms with E-state index in [-0.39, 0.29) is 0 Å². The minimum Gasteiger partial charge on any atom is -0.385 e. The Balaban J connectivity index is 2.13. The molecule has 1 heterocycles. The van der Waals surface area contributed by atoms with Crippen molar-refractivity contribution in [2.45, 2.75) is 38.2 Å². The molecule has 1 aliphatic heterocycles. The normalized spacial score (nSPS) is 20.6. The van der Waals surface area contributed by atoms with E-state index in [9.17, 15) is 5.11 Å². The van der Waals surface area contributed by atoms with Gasteiger partial charge in [-0.1, -0.05) is 35.0 Å². The van der Waals surface area contributed by atoms with Crippen LogP contribution in [0.25, 0.3) is 0 Å². The van der Waals surface area contributed by atoms with Crippen LogP contribution in [0.3, 0.4) is 0 Å². The van der Waals surface area contributed by atoms with E-state index in [1.807, 2.05) is 24.3 Å². The van der Waals surface area contributed by atoms with Gasteiger partial charge in [-0.2, -0.15) is 0 Å².